The zero-order valence-corrected chi connectivity index (χ0v) is 16.2. The highest BCUT2D eigenvalue weighted by Gasteiger charge is 2.13. The summed E-state index contributed by atoms with van der Waals surface area (Å²) < 4.78 is 16.0. The van der Waals surface area contributed by atoms with Crippen LogP contribution in [0.25, 0.3) is 11.3 Å². The van der Waals surface area contributed by atoms with Crippen LogP contribution in [0.15, 0.2) is 60.7 Å². The average Bonchev–Trinajstić information content (AvgIpc) is 3.04. The summed E-state index contributed by atoms with van der Waals surface area (Å²) in [6.45, 7) is 1.67. The van der Waals surface area contributed by atoms with Gasteiger partial charge in [0.1, 0.15) is 5.82 Å². The monoisotopic (exact) mass is 380 g/mol. The van der Waals surface area contributed by atoms with Gasteiger partial charge in [-0.2, -0.15) is 5.10 Å². The molecule has 0 saturated carbocycles. The van der Waals surface area contributed by atoms with E-state index in [0.29, 0.717) is 37.3 Å². The molecule has 1 N–H and O–H groups in total. The van der Waals surface area contributed by atoms with Crippen LogP contribution in [0, 0.1) is 5.82 Å². The zero-order valence-electron chi connectivity index (χ0n) is 16.2. The lowest BCUT2D eigenvalue weighted by Crippen LogP contribution is -2.29. The van der Waals surface area contributed by atoms with Crippen molar-refractivity contribution >= 4 is 5.91 Å². The van der Waals surface area contributed by atoms with E-state index in [-0.39, 0.29) is 11.7 Å². The summed E-state index contributed by atoms with van der Waals surface area (Å²) in [7, 11) is 3.95. The Kier molecular flexibility index (Phi) is 6.55. The largest absolute Gasteiger partial charge is 0.354 e. The molecule has 0 saturated heterocycles. The molecule has 0 aliphatic carbocycles. The van der Waals surface area contributed by atoms with Crippen molar-refractivity contribution < 1.29 is 9.18 Å². The van der Waals surface area contributed by atoms with Crippen molar-refractivity contribution in [3.05, 3.63) is 77.7 Å². The first kappa shape index (κ1) is 19.8. The second-order valence-corrected chi connectivity index (χ2v) is 6.97. The molecule has 146 valence electrons. The number of aromatic nitrogens is 2. The van der Waals surface area contributed by atoms with Gasteiger partial charge in [0, 0.05) is 18.7 Å². The molecule has 1 amide bonds. The van der Waals surface area contributed by atoms with E-state index in [1.54, 1.807) is 18.2 Å². The maximum atomic E-state index is 14.1. The first-order chi connectivity index (χ1) is 13.5. The summed E-state index contributed by atoms with van der Waals surface area (Å²) >= 11 is 0. The van der Waals surface area contributed by atoms with Gasteiger partial charge in [-0.1, -0.05) is 42.5 Å². The predicted octanol–water partition coefficient (Wildman–Crippen LogP) is 3.11. The standard InChI is InChI=1S/C22H25FN4O/c1-26(2)16-18-15-21(19-10-6-7-11-20(19)23)25-27(18)13-12-24-22(28)14-17-8-4-3-5-9-17/h3-11,15H,12-14,16H2,1-2H3,(H,24,28). The molecule has 28 heavy (non-hydrogen) atoms. The van der Waals surface area contributed by atoms with E-state index in [4.69, 9.17) is 0 Å². The molecule has 5 nitrogen and oxygen atoms in total. The molecule has 0 aliphatic heterocycles. The Morgan fingerprint density at radius 2 is 1.82 bits per heavy atom. The molecule has 6 heteroatoms. The molecule has 0 atom stereocenters. The lowest BCUT2D eigenvalue weighted by Gasteiger charge is -2.12. The van der Waals surface area contributed by atoms with E-state index in [1.807, 2.05) is 60.1 Å². The Morgan fingerprint density at radius 3 is 2.54 bits per heavy atom. The molecular weight excluding hydrogens is 355 g/mol. The summed E-state index contributed by atoms with van der Waals surface area (Å²) in [5.41, 5.74) is 3.04. The van der Waals surface area contributed by atoms with Gasteiger partial charge >= 0.3 is 0 Å². The van der Waals surface area contributed by atoms with Crippen LogP contribution in [0.5, 0.6) is 0 Å². The van der Waals surface area contributed by atoms with E-state index in [1.165, 1.54) is 6.07 Å². The fourth-order valence-electron chi connectivity index (χ4n) is 3.05. The van der Waals surface area contributed by atoms with Gasteiger partial charge in [-0.3, -0.25) is 9.48 Å². The van der Waals surface area contributed by atoms with Gasteiger partial charge in [0.15, 0.2) is 0 Å². The molecule has 0 aliphatic rings. The van der Waals surface area contributed by atoms with Crippen molar-refractivity contribution in [2.75, 3.05) is 20.6 Å². The number of nitrogens with zero attached hydrogens (tertiary/aromatic N) is 3. The summed E-state index contributed by atoms with van der Waals surface area (Å²) in [4.78, 5) is 14.2. The molecule has 0 fully saturated rings. The van der Waals surface area contributed by atoms with Crippen LogP contribution in [0.3, 0.4) is 0 Å². The predicted molar refractivity (Wildman–Crippen MR) is 108 cm³/mol. The molecule has 0 bridgehead atoms. The van der Waals surface area contributed by atoms with Crippen molar-refractivity contribution in [2.24, 2.45) is 0 Å². The van der Waals surface area contributed by atoms with Crippen molar-refractivity contribution in [3.8, 4) is 11.3 Å². The highest BCUT2D eigenvalue weighted by atomic mass is 19.1. The van der Waals surface area contributed by atoms with E-state index >= 15 is 0 Å². The fraction of sp³-hybridized carbons (Fsp3) is 0.273. The SMILES string of the molecule is CN(C)Cc1cc(-c2ccccc2F)nn1CCNC(=O)Cc1ccccc1. The van der Waals surface area contributed by atoms with E-state index in [0.717, 1.165) is 11.3 Å². The van der Waals surface area contributed by atoms with Gasteiger partial charge in [0.25, 0.3) is 0 Å². The van der Waals surface area contributed by atoms with Crippen molar-refractivity contribution in [1.29, 1.82) is 0 Å². The fourth-order valence-corrected chi connectivity index (χ4v) is 3.05. The van der Waals surface area contributed by atoms with Crippen molar-refractivity contribution in [3.63, 3.8) is 0 Å². The van der Waals surface area contributed by atoms with Gasteiger partial charge < -0.3 is 10.2 Å². The van der Waals surface area contributed by atoms with Crippen LogP contribution in [-0.4, -0.2) is 41.2 Å². The number of hydrogen-bond donors (Lipinski definition) is 1. The Bertz CT molecular complexity index is 921. The molecule has 3 rings (SSSR count). The van der Waals surface area contributed by atoms with Crippen molar-refractivity contribution in [2.45, 2.75) is 19.5 Å². The van der Waals surface area contributed by atoms with E-state index in [9.17, 15) is 9.18 Å². The summed E-state index contributed by atoms with van der Waals surface area (Å²) in [6, 6.07) is 18.2. The first-order valence-electron chi connectivity index (χ1n) is 9.30. The van der Waals surface area contributed by atoms with E-state index < -0.39 is 0 Å². The minimum Gasteiger partial charge on any atom is -0.354 e. The molecule has 2 aromatic carbocycles. The Balaban J connectivity index is 1.66. The van der Waals surface area contributed by atoms with Gasteiger partial charge in [0.2, 0.25) is 5.91 Å². The number of carbonyl (C=O) groups excluding carboxylic acids is 1. The lowest BCUT2D eigenvalue weighted by molar-refractivity contribution is -0.120. The van der Waals surface area contributed by atoms with Gasteiger partial charge in [0.05, 0.1) is 24.4 Å². The van der Waals surface area contributed by atoms with Gasteiger partial charge in [-0.15, -0.1) is 0 Å². The Morgan fingerprint density at radius 1 is 1.11 bits per heavy atom. The van der Waals surface area contributed by atoms with Crippen LogP contribution < -0.4 is 5.32 Å². The average molecular weight is 380 g/mol. The first-order valence-corrected chi connectivity index (χ1v) is 9.30. The van der Waals surface area contributed by atoms with Crippen LogP contribution in [-0.2, 0) is 24.3 Å². The van der Waals surface area contributed by atoms with Crippen LogP contribution >= 0.6 is 0 Å². The normalized spacial score (nSPS) is 11.0. The number of carbonyl (C=O) groups is 1. The van der Waals surface area contributed by atoms with Gasteiger partial charge in [-0.25, -0.2) is 4.39 Å². The molecule has 0 radical (unpaired) electrons. The van der Waals surface area contributed by atoms with Gasteiger partial charge in [-0.05, 0) is 37.9 Å². The minimum absolute atomic E-state index is 0.0261. The van der Waals surface area contributed by atoms with E-state index in [2.05, 4.69) is 10.4 Å². The maximum absolute atomic E-state index is 14.1. The number of benzene rings is 2. The molecular formula is C22H25FN4O. The molecule has 0 spiro atoms. The topological polar surface area (TPSA) is 50.2 Å². The number of halogens is 1. The molecule has 1 aromatic heterocycles. The Labute approximate surface area is 164 Å². The number of nitrogens with one attached hydrogen (secondary N) is 1. The minimum atomic E-state index is -0.292. The number of amides is 1. The van der Waals surface area contributed by atoms with Crippen LogP contribution in [0.2, 0.25) is 0 Å². The summed E-state index contributed by atoms with van der Waals surface area (Å²) in [6.07, 6.45) is 0.352. The smallest absolute Gasteiger partial charge is 0.224 e. The highest BCUT2D eigenvalue weighted by molar-refractivity contribution is 5.78. The maximum Gasteiger partial charge on any atom is 0.224 e. The zero-order chi connectivity index (χ0) is 19.9. The van der Waals surface area contributed by atoms with Crippen LogP contribution in [0.1, 0.15) is 11.3 Å². The second-order valence-electron chi connectivity index (χ2n) is 6.97. The lowest BCUT2D eigenvalue weighted by atomic mass is 10.1. The summed E-state index contributed by atoms with van der Waals surface area (Å²) in [5.74, 6) is -0.318. The van der Waals surface area contributed by atoms with Crippen LogP contribution in [0.4, 0.5) is 4.39 Å². The number of rotatable bonds is 8. The highest BCUT2D eigenvalue weighted by Crippen LogP contribution is 2.22. The third-order valence-electron chi connectivity index (χ3n) is 4.34. The molecule has 0 unspecified atom stereocenters. The summed E-state index contributed by atoms with van der Waals surface area (Å²) in [5, 5.41) is 7.51. The quantitative estimate of drug-likeness (QED) is 0.653. The third-order valence-corrected chi connectivity index (χ3v) is 4.34. The third kappa shape index (κ3) is 5.27. The molecule has 1 heterocycles. The van der Waals surface area contributed by atoms with Crippen molar-refractivity contribution in [1.82, 2.24) is 20.0 Å². The number of hydrogen-bond acceptors (Lipinski definition) is 3. The Hall–Kier alpha value is -2.99. The second kappa shape index (κ2) is 9.28. The molecule has 3 aromatic rings.